The summed E-state index contributed by atoms with van der Waals surface area (Å²) in [4.78, 5) is 0. The number of benzene rings is 1. The molecule has 0 radical (unpaired) electrons. The molecule has 2 atom stereocenters. The Kier molecular flexibility index (Phi) is 4.54. The molecule has 0 saturated carbocycles. The van der Waals surface area contributed by atoms with E-state index in [1.807, 2.05) is 6.92 Å². The molecule has 1 aliphatic carbocycles. The predicted molar refractivity (Wildman–Crippen MR) is 69.7 cm³/mol. The van der Waals surface area contributed by atoms with Gasteiger partial charge in [-0.1, -0.05) is 24.3 Å². The largest absolute Gasteiger partial charge is 0.380 e. The molecule has 0 saturated heterocycles. The maximum atomic E-state index is 5.67. The molecule has 3 N–H and O–H groups in total. The number of rotatable bonds is 5. The standard InChI is InChI=1S/C14H22N2O/c1-2-17-10-14(16-15)13-9-5-7-11-6-3-4-8-12(11)13/h3-4,6,8,13-14,16H,2,5,7,9-10,15H2,1H3. The van der Waals surface area contributed by atoms with Crippen molar-refractivity contribution in [3.05, 3.63) is 35.4 Å². The fourth-order valence-electron chi connectivity index (χ4n) is 2.73. The maximum Gasteiger partial charge on any atom is 0.0638 e. The number of nitrogens with two attached hydrogens (primary N) is 1. The van der Waals surface area contributed by atoms with Gasteiger partial charge in [0.2, 0.25) is 0 Å². The first-order chi connectivity index (χ1) is 8.36. The van der Waals surface area contributed by atoms with Gasteiger partial charge in [0, 0.05) is 12.5 Å². The quantitative estimate of drug-likeness (QED) is 0.605. The molecule has 0 fully saturated rings. The van der Waals surface area contributed by atoms with Crippen LogP contribution in [0.1, 0.15) is 36.8 Å². The van der Waals surface area contributed by atoms with Crippen molar-refractivity contribution >= 4 is 0 Å². The Morgan fingerprint density at radius 3 is 3.06 bits per heavy atom. The van der Waals surface area contributed by atoms with Gasteiger partial charge in [-0.3, -0.25) is 11.3 Å². The first-order valence-electron chi connectivity index (χ1n) is 6.48. The second-order valence-corrected chi connectivity index (χ2v) is 4.63. The Morgan fingerprint density at radius 2 is 2.29 bits per heavy atom. The van der Waals surface area contributed by atoms with E-state index in [2.05, 4.69) is 29.7 Å². The first kappa shape index (κ1) is 12.6. The van der Waals surface area contributed by atoms with Crippen LogP contribution in [0.25, 0.3) is 0 Å². The summed E-state index contributed by atoms with van der Waals surface area (Å²) < 4.78 is 5.51. The SMILES string of the molecule is CCOCC(NN)C1CCCc2ccccc21. The molecular weight excluding hydrogens is 212 g/mol. The minimum Gasteiger partial charge on any atom is -0.380 e. The third kappa shape index (κ3) is 2.86. The maximum absolute atomic E-state index is 5.67. The summed E-state index contributed by atoms with van der Waals surface area (Å²) in [5, 5.41) is 0. The fourth-order valence-corrected chi connectivity index (χ4v) is 2.73. The second kappa shape index (κ2) is 6.15. The van der Waals surface area contributed by atoms with E-state index < -0.39 is 0 Å². The predicted octanol–water partition coefficient (Wildman–Crippen LogP) is 1.97. The van der Waals surface area contributed by atoms with Crippen LogP contribution in [-0.4, -0.2) is 19.3 Å². The Hall–Kier alpha value is -0.900. The molecule has 2 unspecified atom stereocenters. The van der Waals surface area contributed by atoms with Gasteiger partial charge < -0.3 is 4.74 Å². The van der Waals surface area contributed by atoms with E-state index >= 15 is 0 Å². The number of hydrogen-bond donors (Lipinski definition) is 2. The second-order valence-electron chi connectivity index (χ2n) is 4.63. The Labute approximate surface area is 103 Å². The van der Waals surface area contributed by atoms with Gasteiger partial charge in [-0.2, -0.15) is 0 Å². The molecular formula is C14H22N2O. The first-order valence-corrected chi connectivity index (χ1v) is 6.48. The molecule has 2 rings (SSSR count). The van der Waals surface area contributed by atoms with Gasteiger partial charge in [0.25, 0.3) is 0 Å². The summed E-state index contributed by atoms with van der Waals surface area (Å²) in [5.41, 5.74) is 5.84. The van der Waals surface area contributed by atoms with Crippen LogP contribution >= 0.6 is 0 Å². The van der Waals surface area contributed by atoms with Crippen molar-refractivity contribution in [1.29, 1.82) is 0 Å². The average molecular weight is 234 g/mol. The molecule has 0 amide bonds. The van der Waals surface area contributed by atoms with Crippen molar-refractivity contribution in [2.75, 3.05) is 13.2 Å². The van der Waals surface area contributed by atoms with Gasteiger partial charge in [0.1, 0.15) is 0 Å². The van der Waals surface area contributed by atoms with E-state index in [1.54, 1.807) is 0 Å². The fraction of sp³-hybridized carbons (Fsp3) is 0.571. The molecule has 3 heteroatoms. The highest BCUT2D eigenvalue weighted by atomic mass is 16.5. The Balaban J connectivity index is 2.15. The highest BCUT2D eigenvalue weighted by molar-refractivity contribution is 5.33. The molecule has 3 nitrogen and oxygen atoms in total. The van der Waals surface area contributed by atoms with Crippen LogP contribution in [0.5, 0.6) is 0 Å². The molecule has 1 aromatic rings. The number of aryl methyl sites for hydroxylation is 1. The lowest BCUT2D eigenvalue weighted by Crippen LogP contribution is -2.44. The van der Waals surface area contributed by atoms with Crippen LogP contribution in [0.2, 0.25) is 0 Å². The summed E-state index contributed by atoms with van der Waals surface area (Å²) in [6.07, 6.45) is 3.63. The van der Waals surface area contributed by atoms with Crippen LogP contribution < -0.4 is 11.3 Å². The summed E-state index contributed by atoms with van der Waals surface area (Å²) in [6.45, 7) is 3.45. The zero-order chi connectivity index (χ0) is 12.1. The number of hydrazine groups is 1. The Bertz CT molecular complexity index is 354. The summed E-state index contributed by atoms with van der Waals surface area (Å²) in [6, 6.07) is 8.92. The highest BCUT2D eigenvalue weighted by Crippen LogP contribution is 2.33. The van der Waals surface area contributed by atoms with Crippen LogP contribution in [-0.2, 0) is 11.2 Å². The zero-order valence-electron chi connectivity index (χ0n) is 10.5. The lowest BCUT2D eigenvalue weighted by molar-refractivity contribution is 0.111. The minimum absolute atomic E-state index is 0.219. The molecule has 0 spiro atoms. The lowest BCUT2D eigenvalue weighted by atomic mass is 9.79. The van der Waals surface area contributed by atoms with Gasteiger partial charge in [-0.15, -0.1) is 0 Å². The van der Waals surface area contributed by atoms with Crippen molar-refractivity contribution in [2.24, 2.45) is 5.84 Å². The van der Waals surface area contributed by atoms with E-state index in [1.165, 1.54) is 30.4 Å². The molecule has 0 heterocycles. The highest BCUT2D eigenvalue weighted by Gasteiger charge is 2.26. The van der Waals surface area contributed by atoms with Gasteiger partial charge in [0.15, 0.2) is 0 Å². The smallest absolute Gasteiger partial charge is 0.0638 e. The minimum atomic E-state index is 0.219. The molecule has 94 valence electrons. The molecule has 17 heavy (non-hydrogen) atoms. The van der Waals surface area contributed by atoms with Gasteiger partial charge in [0.05, 0.1) is 12.6 Å². The van der Waals surface area contributed by atoms with Gasteiger partial charge in [-0.25, -0.2) is 0 Å². The van der Waals surface area contributed by atoms with Crippen molar-refractivity contribution in [3.8, 4) is 0 Å². The molecule has 0 bridgehead atoms. The number of nitrogens with one attached hydrogen (secondary N) is 1. The van der Waals surface area contributed by atoms with Crippen LogP contribution in [0, 0.1) is 0 Å². The normalized spacial score (nSPS) is 20.9. The van der Waals surface area contributed by atoms with E-state index in [0.29, 0.717) is 12.5 Å². The summed E-state index contributed by atoms with van der Waals surface area (Å²) >= 11 is 0. The van der Waals surface area contributed by atoms with Crippen molar-refractivity contribution in [3.63, 3.8) is 0 Å². The monoisotopic (exact) mass is 234 g/mol. The van der Waals surface area contributed by atoms with Crippen molar-refractivity contribution < 1.29 is 4.74 Å². The molecule has 1 aromatic carbocycles. The van der Waals surface area contributed by atoms with Crippen LogP contribution in [0.4, 0.5) is 0 Å². The van der Waals surface area contributed by atoms with Crippen molar-refractivity contribution in [2.45, 2.75) is 38.1 Å². The molecule has 1 aliphatic rings. The van der Waals surface area contributed by atoms with Crippen LogP contribution in [0.3, 0.4) is 0 Å². The Morgan fingerprint density at radius 1 is 1.47 bits per heavy atom. The number of fused-ring (bicyclic) bond motifs is 1. The number of hydrogen-bond acceptors (Lipinski definition) is 3. The van der Waals surface area contributed by atoms with E-state index in [9.17, 15) is 0 Å². The van der Waals surface area contributed by atoms with E-state index in [-0.39, 0.29) is 6.04 Å². The van der Waals surface area contributed by atoms with E-state index in [4.69, 9.17) is 10.6 Å². The number of ether oxygens (including phenoxy) is 1. The summed E-state index contributed by atoms with van der Waals surface area (Å²) in [5.74, 6) is 6.15. The van der Waals surface area contributed by atoms with Gasteiger partial charge >= 0.3 is 0 Å². The van der Waals surface area contributed by atoms with Gasteiger partial charge in [-0.05, 0) is 37.3 Å². The lowest BCUT2D eigenvalue weighted by Gasteiger charge is -2.31. The van der Waals surface area contributed by atoms with Crippen molar-refractivity contribution in [1.82, 2.24) is 5.43 Å². The summed E-state index contributed by atoms with van der Waals surface area (Å²) in [7, 11) is 0. The zero-order valence-corrected chi connectivity index (χ0v) is 10.5. The van der Waals surface area contributed by atoms with E-state index in [0.717, 1.165) is 6.61 Å². The van der Waals surface area contributed by atoms with Crippen LogP contribution in [0.15, 0.2) is 24.3 Å². The third-order valence-electron chi connectivity index (χ3n) is 3.62. The molecule has 0 aromatic heterocycles. The topological polar surface area (TPSA) is 47.3 Å². The molecule has 0 aliphatic heterocycles. The third-order valence-corrected chi connectivity index (χ3v) is 3.62. The average Bonchev–Trinajstić information content (AvgIpc) is 2.40.